The molecule has 2 aliphatic rings. The van der Waals surface area contributed by atoms with Crippen LogP contribution in [0.1, 0.15) is 64.2 Å². The van der Waals surface area contributed by atoms with Crippen molar-refractivity contribution in [2.45, 2.75) is 76.4 Å². The number of rotatable bonds is 8. The minimum absolute atomic E-state index is 0.0568. The lowest BCUT2D eigenvalue weighted by Gasteiger charge is -2.25. The lowest BCUT2D eigenvalue weighted by atomic mass is 9.86. The molecule has 1 aromatic carbocycles. The van der Waals surface area contributed by atoms with E-state index >= 15 is 0 Å². The van der Waals surface area contributed by atoms with Crippen LogP contribution in [0.3, 0.4) is 0 Å². The molecular formula is C22H29ClN4O2S. The van der Waals surface area contributed by atoms with Gasteiger partial charge in [0.15, 0.2) is 5.13 Å². The van der Waals surface area contributed by atoms with Crippen molar-refractivity contribution in [2.75, 3.05) is 4.90 Å². The standard InChI is InChI=1S/C22H29ClN4O2S/c23-15-6-9-17-18(13-15)30-22(25-17)27(16-7-8-16)21(29)11-10-20(28)26-19(24)12-14-4-2-1-3-5-14/h6,9,13-14,16,19H,1-5,7-8,10-12,24H2,(H,26,28)/t19-/m0/s1. The molecule has 8 heteroatoms. The van der Waals surface area contributed by atoms with E-state index in [0.717, 1.165) is 29.5 Å². The summed E-state index contributed by atoms with van der Waals surface area (Å²) in [5.41, 5.74) is 6.97. The van der Waals surface area contributed by atoms with Gasteiger partial charge in [-0.2, -0.15) is 0 Å². The lowest BCUT2D eigenvalue weighted by molar-refractivity contribution is -0.125. The van der Waals surface area contributed by atoms with Crippen molar-refractivity contribution in [2.24, 2.45) is 11.7 Å². The largest absolute Gasteiger partial charge is 0.341 e. The maximum Gasteiger partial charge on any atom is 0.229 e. The zero-order valence-corrected chi connectivity index (χ0v) is 18.7. The second-order valence-electron chi connectivity index (χ2n) is 8.52. The van der Waals surface area contributed by atoms with Gasteiger partial charge >= 0.3 is 0 Å². The van der Waals surface area contributed by atoms with Gasteiger partial charge in [-0.15, -0.1) is 0 Å². The lowest BCUT2D eigenvalue weighted by Crippen LogP contribution is -2.43. The van der Waals surface area contributed by atoms with Crippen LogP contribution in [-0.2, 0) is 9.59 Å². The molecule has 2 aliphatic carbocycles. The molecule has 0 saturated heterocycles. The van der Waals surface area contributed by atoms with Crippen molar-refractivity contribution in [1.82, 2.24) is 10.3 Å². The Morgan fingerprint density at radius 1 is 1.20 bits per heavy atom. The molecule has 1 atom stereocenters. The smallest absolute Gasteiger partial charge is 0.229 e. The molecule has 3 N–H and O–H groups in total. The van der Waals surface area contributed by atoms with Crippen molar-refractivity contribution >= 4 is 50.1 Å². The summed E-state index contributed by atoms with van der Waals surface area (Å²) in [5.74, 6) is 0.394. The number of fused-ring (bicyclic) bond motifs is 1. The van der Waals surface area contributed by atoms with Crippen molar-refractivity contribution in [3.05, 3.63) is 23.2 Å². The first kappa shape index (κ1) is 21.5. The van der Waals surface area contributed by atoms with Gasteiger partial charge in [0.05, 0.1) is 16.4 Å². The zero-order chi connectivity index (χ0) is 21.1. The molecule has 4 rings (SSSR count). The van der Waals surface area contributed by atoms with E-state index in [-0.39, 0.29) is 36.9 Å². The first-order valence-electron chi connectivity index (χ1n) is 10.9. The maximum atomic E-state index is 12.9. The first-order valence-corrected chi connectivity index (χ1v) is 12.1. The Balaban J connectivity index is 1.31. The highest BCUT2D eigenvalue weighted by molar-refractivity contribution is 7.22. The second-order valence-corrected chi connectivity index (χ2v) is 9.96. The number of hydrogen-bond donors (Lipinski definition) is 2. The van der Waals surface area contributed by atoms with Gasteiger partial charge in [-0.3, -0.25) is 14.5 Å². The highest BCUT2D eigenvalue weighted by Gasteiger charge is 2.35. The van der Waals surface area contributed by atoms with E-state index < -0.39 is 0 Å². The van der Waals surface area contributed by atoms with Gasteiger partial charge < -0.3 is 11.1 Å². The molecule has 2 aromatic rings. The number of aromatic nitrogens is 1. The van der Waals surface area contributed by atoms with Crippen molar-refractivity contribution in [1.29, 1.82) is 0 Å². The summed E-state index contributed by atoms with van der Waals surface area (Å²) in [6.45, 7) is 0. The van der Waals surface area contributed by atoms with Crippen LogP contribution in [0.2, 0.25) is 5.02 Å². The SMILES string of the molecule is N[C@H](CC1CCCCC1)NC(=O)CCC(=O)N(c1nc2ccc(Cl)cc2s1)C1CC1. The second kappa shape index (κ2) is 9.62. The van der Waals surface area contributed by atoms with Gasteiger partial charge in [0.2, 0.25) is 11.8 Å². The topological polar surface area (TPSA) is 88.3 Å². The molecule has 2 saturated carbocycles. The first-order chi connectivity index (χ1) is 14.5. The third-order valence-electron chi connectivity index (χ3n) is 5.95. The van der Waals surface area contributed by atoms with Crippen molar-refractivity contribution < 1.29 is 9.59 Å². The molecule has 0 spiro atoms. The van der Waals surface area contributed by atoms with Crippen LogP contribution in [0.25, 0.3) is 10.2 Å². The molecule has 1 aromatic heterocycles. The highest BCUT2D eigenvalue weighted by atomic mass is 35.5. The molecule has 162 valence electrons. The van der Waals surface area contributed by atoms with Crippen LogP contribution in [0, 0.1) is 5.92 Å². The van der Waals surface area contributed by atoms with E-state index in [0.29, 0.717) is 16.1 Å². The van der Waals surface area contributed by atoms with E-state index in [1.54, 1.807) is 11.0 Å². The molecule has 0 aliphatic heterocycles. The predicted molar refractivity (Wildman–Crippen MR) is 122 cm³/mol. The monoisotopic (exact) mass is 448 g/mol. The summed E-state index contributed by atoms with van der Waals surface area (Å²) in [4.78, 5) is 31.7. The maximum absolute atomic E-state index is 12.9. The number of nitrogens with one attached hydrogen (secondary N) is 1. The van der Waals surface area contributed by atoms with Crippen LogP contribution in [0.4, 0.5) is 5.13 Å². The molecule has 30 heavy (non-hydrogen) atoms. The van der Waals surface area contributed by atoms with Crippen LogP contribution >= 0.6 is 22.9 Å². The Labute approximate surface area is 186 Å². The average Bonchev–Trinajstić information content (AvgIpc) is 3.46. The number of halogens is 1. The summed E-state index contributed by atoms with van der Waals surface area (Å²) in [5, 5.41) is 4.22. The number of thiazole rings is 1. The fraction of sp³-hybridized carbons (Fsp3) is 0.591. The van der Waals surface area contributed by atoms with Crippen LogP contribution in [-0.4, -0.2) is 29.0 Å². The molecule has 2 fully saturated rings. The summed E-state index contributed by atoms with van der Waals surface area (Å²) in [6.07, 6.45) is 8.97. The Morgan fingerprint density at radius 3 is 2.70 bits per heavy atom. The van der Waals surface area contributed by atoms with Crippen LogP contribution < -0.4 is 16.0 Å². The molecular weight excluding hydrogens is 420 g/mol. The third kappa shape index (κ3) is 5.50. The third-order valence-corrected chi connectivity index (χ3v) is 7.20. The molecule has 1 heterocycles. The molecule has 0 bridgehead atoms. The minimum atomic E-state index is -0.329. The van der Waals surface area contributed by atoms with Crippen LogP contribution in [0.5, 0.6) is 0 Å². The number of hydrogen-bond acceptors (Lipinski definition) is 5. The number of nitrogens with zero attached hydrogens (tertiary/aromatic N) is 2. The molecule has 2 amide bonds. The number of carbonyl (C=O) groups is 2. The van der Waals surface area contributed by atoms with Gasteiger partial charge in [0.1, 0.15) is 0 Å². The fourth-order valence-electron chi connectivity index (χ4n) is 4.25. The van der Waals surface area contributed by atoms with Crippen molar-refractivity contribution in [3.8, 4) is 0 Å². The number of anilines is 1. The van der Waals surface area contributed by atoms with Gasteiger partial charge in [0.25, 0.3) is 0 Å². The molecule has 0 radical (unpaired) electrons. The molecule has 6 nitrogen and oxygen atoms in total. The van der Waals surface area contributed by atoms with Gasteiger partial charge in [-0.1, -0.05) is 55.0 Å². The van der Waals surface area contributed by atoms with Gasteiger partial charge in [-0.05, 0) is 43.4 Å². The van der Waals surface area contributed by atoms with E-state index in [1.807, 2.05) is 12.1 Å². The number of amides is 2. The van der Waals surface area contributed by atoms with Gasteiger partial charge in [-0.25, -0.2) is 4.98 Å². The summed E-state index contributed by atoms with van der Waals surface area (Å²) in [6, 6.07) is 5.73. The predicted octanol–water partition coefficient (Wildman–Crippen LogP) is 4.60. The number of benzene rings is 1. The normalized spacial score (nSPS) is 18.3. The van der Waals surface area contributed by atoms with Crippen molar-refractivity contribution in [3.63, 3.8) is 0 Å². The fourth-order valence-corrected chi connectivity index (χ4v) is 5.58. The summed E-state index contributed by atoms with van der Waals surface area (Å²) in [7, 11) is 0. The minimum Gasteiger partial charge on any atom is -0.341 e. The Hall–Kier alpha value is -1.70. The Morgan fingerprint density at radius 2 is 1.97 bits per heavy atom. The summed E-state index contributed by atoms with van der Waals surface area (Å²) < 4.78 is 0.961. The number of carbonyl (C=O) groups excluding carboxylic acids is 2. The zero-order valence-electron chi connectivity index (χ0n) is 17.1. The summed E-state index contributed by atoms with van der Waals surface area (Å²) >= 11 is 7.55. The average molecular weight is 449 g/mol. The number of nitrogens with two attached hydrogens (primary N) is 1. The Bertz CT molecular complexity index is 908. The van der Waals surface area contributed by atoms with E-state index in [4.69, 9.17) is 17.3 Å². The van der Waals surface area contributed by atoms with Gasteiger partial charge in [0, 0.05) is 23.9 Å². The van der Waals surface area contributed by atoms with E-state index in [1.165, 1.54) is 43.4 Å². The van der Waals surface area contributed by atoms with Crippen LogP contribution in [0.15, 0.2) is 18.2 Å². The quantitative estimate of drug-likeness (QED) is 0.577. The van der Waals surface area contributed by atoms with E-state index in [2.05, 4.69) is 10.3 Å². The van der Waals surface area contributed by atoms with E-state index in [9.17, 15) is 9.59 Å². The highest BCUT2D eigenvalue weighted by Crippen LogP contribution is 2.37. The molecule has 0 unspecified atom stereocenters. The Kier molecular flexibility index (Phi) is 6.91.